The first-order chi connectivity index (χ1) is 14.7. The van der Waals surface area contributed by atoms with Crippen LogP contribution < -0.4 is 4.72 Å². The number of anilines is 1. The first kappa shape index (κ1) is 19.8. The molecule has 0 spiro atoms. The average Bonchev–Trinajstić information content (AvgIpc) is 2.77. The minimum atomic E-state index is 0.222. The Balaban J connectivity index is 1.56. The van der Waals surface area contributed by atoms with Crippen molar-refractivity contribution in [3.63, 3.8) is 0 Å². The molecule has 0 bridgehead atoms. The number of hydrogen-bond donors (Lipinski definition) is 3. The molecular formula is C24H21N3O2S. The highest BCUT2D eigenvalue weighted by molar-refractivity contribution is 7.99. The average molecular weight is 416 g/mol. The van der Waals surface area contributed by atoms with E-state index in [0.717, 1.165) is 39.6 Å². The molecule has 150 valence electrons. The second-order valence-corrected chi connectivity index (χ2v) is 7.60. The highest BCUT2D eigenvalue weighted by Crippen LogP contribution is 2.25. The maximum Gasteiger partial charge on any atom is 0.158 e. The van der Waals surface area contributed by atoms with E-state index in [1.807, 2.05) is 42.5 Å². The van der Waals surface area contributed by atoms with E-state index in [0.29, 0.717) is 6.42 Å². The van der Waals surface area contributed by atoms with Gasteiger partial charge in [-0.25, -0.2) is 9.97 Å². The summed E-state index contributed by atoms with van der Waals surface area (Å²) in [5, 5.41) is 19.0. The Kier molecular flexibility index (Phi) is 6.15. The summed E-state index contributed by atoms with van der Waals surface area (Å²) in [5.41, 5.74) is 4.77. The number of nitrogens with zero attached hydrogens (tertiary/aromatic N) is 2. The predicted molar refractivity (Wildman–Crippen MR) is 121 cm³/mol. The number of hydrogen-bond acceptors (Lipinski definition) is 6. The molecule has 0 saturated carbocycles. The Bertz CT molecular complexity index is 1100. The molecule has 0 amide bonds. The summed E-state index contributed by atoms with van der Waals surface area (Å²) in [6.07, 6.45) is 2.40. The molecule has 5 nitrogen and oxygen atoms in total. The fraction of sp³-hybridized carbons (Fsp3) is 0.0833. The SMILES string of the molecule is Oc1ccc(CSNc2ncc(-c3ccc(O)cc3)nc2Cc2ccccc2)cc1. The van der Waals surface area contributed by atoms with E-state index in [2.05, 4.69) is 21.8 Å². The number of nitrogens with one attached hydrogen (secondary N) is 1. The number of phenolic OH excluding ortho intramolecular Hbond substituents is 2. The maximum absolute atomic E-state index is 9.54. The molecule has 0 unspecified atom stereocenters. The number of aromatic nitrogens is 2. The molecule has 0 aliphatic carbocycles. The second-order valence-electron chi connectivity index (χ2n) is 6.82. The van der Waals surface area contributed by atoms with Crippen molar-refractivity contribution in [2.75, 3.05) is 4.72 Å². The van der Waals surface area contributed by atoms with Gasteiger partial charge in [-0.05, 0) is 59.5 Å². The Morgan fingerprint density at radius 3 is 2.13 bits per heavy atom. The molecule has 6 heteroatoms. The number of benzene rings is 3. The highest BCUT2D eigenvalue weighted by atomic mass is 32.2. The molecule has 4 rings (SSSR count). The fourth-order valence-electron chi connectivity index (χ4n) is 2.98. The van der Waals surface area contributed by atoms with Crippen LogP contribution in [0.5, 0.6) is 11.5 Å². The van der Waals surface area contributed by atoms with Crippen molar-refractivity contribution >= 4 is 17.8 Å². The normalized spacial score (nSPS) is 10.7. The van der Waals surface area contributed by atoms with Crippen LogP contribution in [0.3, 0.4) is 0 Å². The molecule has 4 aromatic rings. The monoisotopic (exact) mass is 415 g/mol. The van der Waals surface area contributed by atoms with Crippen LogP contribution in [0.25, 0.3) is 11.3 Å². The Morgan fingerprint density at radius 1 is 0.767 bits per heavy atom. The summed E-state index contributed by atoms with van der Waals surface area (Å²) < 4.78 is 3.32. The van der Waals surface area contributed by atoms with Crippen LogP contribution in [-0.2, 0) is 12.2 Å². The van der Waals surface area contributed by atoms with Crippen LogP contribution in [0, 0.1) is 0 Å². The van der Waals surface area contributed by atoms with E-state index < -0.39 is 0 Å². The molecule has 0 fully saturated rings. The zero-order valence-electron chi connectivity index (χ0n) is 16.2. The minimum Gasteiger partial charge on any atom is -0.508 e. The van der Waals surface area contributed by atoms with Gasteiger partial charge in [-0.1, -0.05) is 42.5 Å². The topological polar surface area (TPSA) is 78.3 Å². The van der Waals surface area contributed by atoms with Crippen molar-refractivity contribution in [3.05, 3.63) is 102 Å². The standard InChI is InChI=1S/C24H21N3O2S/c28-20-10-6-18(7-11-20)16-30-27-24-22(14-17-4-2-1-3-5-17)26-23(15-25-24)19-8-12-21(29)13-9-19/h1-13,15,28-29H,14,16H2,(H,25,27). The van der Waals surface area contributed by atoms with Crippen LogP contribution >= 0.6 is 11.9 Å². The minimum absolute atomic E-state index is 0.222. The largest absolute Gasteiger partial charge is 0.508 e. The van der Waals surface area contributed by atoms with Gasteiger partial charge in [-0.15, -0.1) is 0 Å². The molecule has 0 radical (unpaired) electrons. The summed E-state index contributed by atoms with van der Waals surface area (Å²) in [6, 6.07) is 24.3. The van der Waals surface area contributed by atoms with Gasteiger partial charge in [0, 0.05) is 17.7 Å². The molecule has 1 heterocycles. The van der Waals surface area contributed by atoms with Crippen molar-refractivity contribution in [2.45, 2.75) is 12.2 Å². The lowest BCUT2D eigenvalue weighted by atomic mass is 10.1. The summed E-state index contributed by atoms with van der Waals surface area (Å²) in [7, 11) is 0. The van der Waals surface area contributed by atoms with E-state index in [4.69, 9.17) is 4.98 Å². The van der Waals surface area contributed by atoms with E-state index in [-0.39, 0.29) is 11.5 Å². The lowest BCUT2D eigenvalue weighted by Crippen LogP contribution is -2.03. The lowest BCUT2D eigenvalue weighted by Gasteiger charge is -2.12. The number of aromatic hydroxyl groups is 2. The summed E-state index contributed by atoms with van der Waals surface area (Å²) in [5.74, 6) is 1.94. The first-order valence-electron chi connectivity index (χ1n) is 9.52. The smallest absolute Gasteiger partial charge is 0.158 e. The molecule has 0 atom stereocenters. The Morgan fingerprint density at radius 2 is 1.43 bits per heavy atom. The van der Waals surface area contributed by atoms with Gasteiger partial charge in [0.2, 0.25) is 0 Å². The van der Waals surface area contributed by atoms with Crippen LogP contribution in [0.15, 0.2) is 85.1 Å². The van der Waals surface area contributed by atoms with Crippen molar-refractivity contribution in [3.8, 4) is 22.8 Å². The van der Waals surface area contributed by atoms with Crippen molar-refractivity contribution in [2.24, 2.45) is 0 Å². The molecule has 3 N–H and O–H groups in total. The third-order valence-corrected chi connectivity index (χ3v) is 5.38. The quantitative estimate of drug-likeness (QED) is 0.351. The van der Waals surface area contributed by atoms with Gasteiger partial charge in [0.25, 0.3) is 0 Å². The predicted octanol–water partition coefficient (Wildman–Crippen LogP) is 5.41. The van der Waals surface area contributed by atoms with Gasteiger partial charge < -0.3 is 14.9 Å². The molecule has 0 aliphatic rings. The third-order valence-electron chi connectivity index (χ3n) is 4.57. The van der Waals surface area contributed by atoms with Gasteiger partial charge in [-0.2, -0.15) is 0 Å². The molecular weight excluding hydrogens is 394 g/mol. The molecule has 0 aliphatic heterocycles. The van der Waals surface area contributed by atoms with E-state index >= 15 is 0 Å². The van der Waals surface area contributed by atoms with E-state index in [1.54, 1.807) is 30.5 Å². The second kappa shape index (κ2) is 9.33. The summed E-state index contributed by atoms with van der Waals surface area (Å²) in [6.45, 7) is 0. The molecule has 1 aromatic heterocycles. The van der Waals surface area contributed by atoms with Gasteiger partial charge in [-0.3, -0.25) is 0 Å². The van der Waals surface area contributed by atoms with Crippen LogP contribution in [0.4, 0.5) is 5.82 Å². The highest BCUT2D eigenvalue weighted by Gasteiger charge is 2.11. The van der Waals surface area contributed by atoms with Crippen molar-refractivity contribution < 1.29 is 10.2 Å². The maximum atomic E-state index is 9.54. The Labute approximate surface area is 179 Å². The van der Waals surface area contributed by atoms with Gasteiger partial charge in [0.15, 0.2) is 5.82 Å². The number of rotatable bonds is 7. The zero-order chi connectivity index (χ0) is 20.8. The van der Waals surface area contributed by atoms with Crippen LogP contribution in [0.2, 0.25) is 0 Å². The van der Waals surface area contributed by atoms with E-state index in [1.165, 1.54) is 11.9 Å². The molecule has 30 heavy (non-hydrogen) atoms. The number of phenols is 2. The summed E-state index contributed by atoms with van der Waals surface area (Å²) >= 11 is 1.53. The third kappa shape index (κ3) is 5.10. The Hall–Kier alpha value is -3.51. The lowest BCUT2D eigenvalue weighted by molar-refractivity contribution is 0.474. The van der Waals surface area contributed by atoms with Gasteiger partial charge in [0.1, 0.15) is 11.5 Å². The summed E-state index contributed by atoms with van der Waals surface area (Å²) in [4.78, 5) is 9.47. The van der Waals surface area contributed by atoms with Crippen molar-refractivity contribution in [1.29, 1.82) is 0 Å². The van der Waals surface area contributed by atoms with Crippen LogP contribution in [-0.4, -0.2) is 20.2 Å². The first-order valence-corrected chi connectivity index (χ1v) is 10.5. The van der Waals surface area contributed by atoms with Gasteiger partial charge in [0.05, 0.1) is 17.6 Å². The zero-order valence-corrected chi connectivity index (χ0v) is 17.0. The fourth-order valence-corrected chi connectivity index (χ4v) is 3.71. The van der Waals surface area contributed by atoms with E-state index in [9.17, 15) is 10.2 Å². The van der Waals surface area contributed by atoms with Crippen LogP contribution in [0.1, 0.15) is 16.8 Å². The van der Waals surface area contributed by atoms with Crippen molar-refractivity contribution in [1.82, 2.24) is 9.97 Å². The molecule has 3 aromatic carbocycles. The molecule has 0 saturated heterocycles. The van der Waals surface area contributed by atoms with Gasteiger partial charge >= 0.3 is 0 Å².